The first-order valence-electron chi connectivity index (χ1n) is 12.7. The molecule has 1 amide bonds. The van der Waals surface area contributed by atoms with Gasteiger partial charge in [0.05, 0.1) is 18.2 Å². The summed E-state index contributed by atoms with van der Waals surface area (Å²) in [6.07, 6.45) is -0.818. The van der Waals surface area contributed by atoms with Crippen LogP contribution in [0.4, 0.5) is 4.79 Å². The van der Waals surface area contributed by atoms with Gasteiger partial charge in [0.1, 0.15) is 18.1 Å². The molecule has 8 nitrogen and oxygen atoms in total. The Bertz CT molecular complexity index is 1290. The number of halogens is 4. The van der Waals surface area contributed by atoms with Crippen LogP contribution in [-0.4, -0.2) is 61.1 Å². The molecule has 3 rings (SSSR count). The van der Waals surface area contributed by atoms with Gasteiger partial charge in [-0.3, -0.25) is 0 Å². The zero-order valence-corrected chi connectivity index (χ0v) is 25.2. The molecule has 1 unspecified atom stereocenters. The molecule has 0 aromatic heterocycles. The highest BCUT2D eigenvalue weighted by molar-refractivity contribution is 6.35. The Hall–Kier alpha value is -2.88. The molecule has 3 aromatic carbocycles. The molecule has 0 bridgehead atoms. The number of benzene rings is 3. The fourth-order valence-electron chi connectivity index (χ4n) is 3.70. The summed E-state index contributed by atoms with van der Waals surface area (Å²) in [5.41, 5.74) is 0.796. The van der Waals surface area contributed by atoms with Gasteiger partial charge in [0.15, 0.2) is 11.9 Å². The summed E-state index contributed by atoms with van der Waals surface area (Å²) in [5, 5.41) is 10.8. The second kappa shape index (κ2) is 16.5. The number of hydrogen-bond acceptors (Lipinski definition) is 6. The molecule has 0 heterocycles. The van der Waals surface area contributed by atoms with E-state index in [1.54, 1.807) is 55.5 Å². The summed E-state index contributed by atoms with van der Waals surface area (Å²) in [4.78, 5) is 25.8. The number of carboxylic acid groups (broad SMARTS) is 1. The first kappa shape index (κ1) is 32.6. The summed E-state index contributed by atoms with van der Waals surface area (Å²) in [6.45, 7) is 3.03. The van der Waals surface area contributed by atoms with E-state index in [2.05, 4.69) is 0 Å². The molecule has 0 radical (unpaired) electrons. The van der Waals surface area contributed by atoms with E-state index >= 15 is 0 Å². The Morgan fingerprint density at radius 3 is 2.15 bits per heavy atom. The predicted molar refractivity (Wildman–Crippen MR) is 159 cm³/mol. The minimum atomic E-state index is -1.01. The van der Waals surface area contributed by atoms with Crippen molar-refractivity contribution in [3.05, 3.63) is 86.3 Å². The van der Waals surface area contributed by atoms with Crippen molar-refractivity contribution >= 4 is 58.5 Å². The third-order valence-electron chi connectivity index (χ3n) is 5.64. The largest absolute Gasteiger partial charge is 0.493 e. The zero-order valence-electron chi connectivity index (χ0n) is 22.2. The van der Waals surface area contributed by atoms with Crippen molar-refractivity contribution in [3.63, 3.8) is 0 Å². The van der Waals surface area contributed by atoms with E-state index < -0.39 is 18.2 Å². The predicted octanol–water partition coefficient (Wildman–Crippen LogP) is 7.68. The van der Waals surface area contributed by atoms with Gasteiger partial charge in [-0.1, -0.05) is 58.5 Å². The smallest absolute Gasteiger partial charge is 0.415 e. The fourth-order valence-corrected chi connectivity index (χ4v) is 4.65. The standard InChI is InChI=1S/C29H29Cl4NO7/c1-2-38-27(28(35)36)14-19-4-7-23(8-5-19)40-13-11-34(29(37)41-26-9-6-20(30)18-25(26)33)10-3-12-39-24-16-21(31)15-22(32)17-24/h4-9,15-18,27H,2-3,10-14H2,1H3,(H,35,36). The maximum Gasteiger partial charge on any atom is 0.415 e. The van der Waals surface area contributed by atoms with Crippen LogP contribution in [-0.2, 0) is 16.0 Å². The third-order valence-corrected chi connectivity index (χ3v) is 6.61. The molecule has 0 fully saturated rings. The number of amides is 1. The Kier molecular flexibility index (Phi) is 13.2. The van der Waals surface area contributed by atoms with Crippen LogP contribution in [0.2, 0.25) is 20.1 Å². The summed E-state index contributed by atoms with van der Waals surface area (Å²) >= 11 is 24.2. The van der Waals surface area contributed by atoms with Gasteiger partial charge in [-0.05, 0) is 67.4 Å². The van der Waals surface area contributed by atoms with Gasteiger partial charge in [0.2, 0.25) is 0 Å². The number of hydrogen-bond donors (Lipinski definition) is 1. The number of ether oxygens (including phenoxy) is 4. The molecule has 1 N–H and O–H groups in total. The summed E-state index contributed by atoms with van der Waals surface area (Å²) in [5.74, 6) is 0.250. The third kappa shape index (κ3) is 11.1. The van der Waals surface area contributed by atoms with E-state index in [1.807, 2.05) is 0 Å². The molecular weight excluding hydrogens is 616 g/mol. The number of rotatable bonds is 15. The van der Waals surface area contributed by atoms with E-state index in [4.69, 9.17) is 65.4 Å². The maximum absolute atomic E-state index is 13.0. The van der Waals surface area contributed by atoms with Gasteiger partial charge in [-0.2, -0.15) is 0 Å². The molecule has 0 aliphatic rings. The highest BCUT2D eigenvalue weighted by Gasteiger charge is 2.19. The van der Waals surface area contributed by atoms with Crippen LogP contribution >= 0.6 is 46.4 Å². The number of carbonyl (C=O) groups excluding carboxylic acids is 1. The zero-order chi connectivity index (χ0) is 29.8. The van der Waals surface area contributed by atoms with Gasteiger partial charge < -0.3 is 29.0 Å². The van der Waals surface area contributed by atoms with Crippen LogP contribution in [0.3, 0.4) is 0 Å². The van der Waals surface area contributed by atoms with Crippen LogP contribution in [0, 0.1) is 0 Å². The van der Waals surface area contributed by atoms with Crippen molar-refractivity contribution in [3.8, 4) is 17.2 Å². The first-order valence-corrected chi connectivity index (χ1v) is 14.2. The molecule has 0 saturated heterocycles. The van der Waals surface area contributed by atoms with Gasteiger partial charge >= 0.3 is 12.1 Å². The van der Waals surface area contributed by atoms with Crippen molar-refractivity contribution in [2.45, 2.75) is 25.9 Å². The monoisotopic (exact) mass is 643 g/mol. The summed E-state index contributed by atoms with van der Waals surface area (Å²) in [7, 11) is 0. The first-order chi connectivity index (χ1) is 19.6. The summed E-state index contributed by atoms with van der Waals surface area (Å²) < 4.78 is 22.3. The van der Waals surface area contributed by atoms with E-state index in [-0.39, 0.29) is 30.3 Å². The normalized spacial score (nSPS) is 11.5. The number of aliphatic carboxylic acids is 1. The average molecular weight is 645 g/mol. The number of nitrogens with zero attached hydrogens (tertiary/aromatic N) is 1. The van der Waals surface area contributed by atoms with Gasteiger partial charge in [0, 0.05) is 34.6 Å². The topological polar surface area (TPSA) is 94.5 Å². The Morgan fingerprint density at radius 2 is 1.51 bits per heavy atom. The fraction of sp³-hybridized carbons (Fsp3) is 0.310. The van der Waals surface area contributed by atoms with Crippen LogP contribution in [0.5, 0.6) is 17.2 Å². The molecule has 12 heteroatoms. The van der Waals surface area contributed by atoms with Crippen molar-refractivity contribution in [2.24, 2.45) is 0 Å². The molecule has 0 aliphatic heterocycles. The Balaban J connectivity index is 1.58. The van der Waals surface area contributed by atoms with Crippen molar-refractivity contribution in [1.82, 2.24) is 4.90 Å². The van der Waals surface area contributed by atoms with Crippen molar-refractivity contribution in [1.29, 1.82) is 0 Å². The lowest BCUT2D eigenvalue weighted by Crippen LogP contribution is -2.38. The Labute approximate surface area is 258 Å². The SMILES string of the molecule is CCOC(Cc1ccc(OCCN(CCCOc2cc(Cl)cc(Cl)c2)C(=O)Oc2ccc(Cl)cc2Cl)cc1)C(=O)O. The molecule has 0 spiro atoms. The second-order valence-electron chi connectivity index (χ2n) is 8.72. The lowest BCUT2D eigenvalue weighted by atomic mass is 10.1. The van der Waals surface area contributed by atoms with E-state index in [0.717, 1.165) is 5.56 Å². The summed E-state index contributed by atoms with van der Waals surface area (Å²) in [6, 6.07) is 16.5. The van der Waals surface area contributed by atoms with Crippen LogP contribution in [0.15, 0.2) is 60.7 Å². The van der Waals surface area contributed by atoms with Crippen molar-refractivity contribution < 1.29 is 33.6 Å². The highest BCUT2D eigenvalue weighted by Crippen LogP contribution is 2.28. The molecule has 220 valence electrons. The van der Waals surface area contributed by atoms with E-state index in [0.29, 0.717) is 52.7 Å². The number of carboxylic acids is 1. The molecule has 41 heavy (non-hydrogen) atoms. The van der Waals surface area contributed by atoms with Crippen LogP contribution < -0.4 is 14.2 Å². The minimum absolute atomic E-state index is 0.171. The maximum atomic E-state index is 13.0. The highest BCUT2D eigenvalue weighted by atomic mass is 35.5. The van der Waals surface area contributed by atoms with E-state index in [1.165, 1.54) is 17.0 Å². The van der Waals surface area contributed by atoms with Gasteiger partial charge in [0.25, 0.3) is 0 Å². The molecule has 3 aromatic rings. The van der Waals surface area contributed by atoms with Crippen LogP contribution in [0.25, 0.3) is 0 Å². The molecule has 0 aliphatic carbocycles. The quantitative estimate of drug-likeness (QED) is 0.170. The Morgan fingerprint density at radius 1 is 0.829 bits per heavy atom. The second-order valence-corrected chi connectivity index (χ2v) is 10.4. The molecular formula is C29H29Cl4NO7. The van der Waals surface area contributed by atoms with Gasteiger partial charge in [-0.25, -0.2) is 9.59 Å². The number of carbonyl (C=O) groups is 2. The molecule has 1 atom stereocenters. The van der Waals surface area contributed by atoms with E-state index in [9.17, 15) is 14.7 Å². The minimum Gasteiger partial charge on any atom is -0.493 e. The van der Waals surface area contributed by atoms with Gasteiger partial charge in [-0.15, -0.1) is 0 Å². The average Bonchev–Trinajstić information content (AvgIpc) is 2.91. The lowest BCUT2D eigenvalue weighted by molar-refractivity contribution is -0.149. The molecule has 0 saturated carbocycles. The van der Waals surface area contributed by atoms with Crippen molar-refractivity contribution in [2.75, 3.05) is 32.9 Å². The van der Waals surface area contributed by atoms with Crippen LogP contribution in [0.1, 0.15) is 18.9 Å². The lowest BCUT2D eigenvalue weighted by Gasteiger charge is -2.22.